The Morgan fingerprint density at radius 2 is 2.25 bits per heavy atom. The van der Waals surface area contributed by atoms with Gasteiger partial charge in [-0.25, -0.2) is 9.67 Å². The molecule has 0 bridgehead atoms. The van der Waals surface area contributed by atoms with Gasteiger partial charge >= 0.3 is 0 Å². The summed E-state index contributed by atoms with van der Waals surface area (Å²) in [5.74, 6) is 1.33. The minimum Gasteiger partial charge on any atom is -0.354 e. The van der Waals surface area contributed by atoms with Crippen LogP contribution in [0.5, 0.6) is 0 Å². The highest BCUT2D eigenvalue weighted by molar-refractivity contribution is 6.30. The van der Waals surface area contributed by atoms with Crippen molar-refractivity contribution < 1.29 is 0 Å². The van der Waals surface area contributed by atoms with Crippen molar-refractivity contribution in [1.82, 2.24) is 19.7 Å². The van der Waals surface area contributed by atoms with E-state index in [4.69, 9.17) is 11.6 Å². The maximum atomic E-state index is 5.82. The smallest absolute Gasteiger partial charge is 0.224 e. The highest BCUT2D eigenvalue weighted by Crippen LogP contribution is 2.14. The van der Waals surface area contributed by atoms with Crippen LogP contribution < -0.4 is 5.32 Å². The molecule has 0 aliphatic heterocycles. The molecule has 2 aromatic rings. The first-order valence-corrected chi connectivity index (χ1v) is 5.36. The molecule has 0 saturated carbocycles. The molecule has 0 aliphatic rings. The fraction of sp³-hybridized carbons (Fsp3) is 0.300. The number of hydrogen-bond acceptors (Lipinski definition) is 4. The highest BCUT2D eigenvalue weighted by Gasteiger charge is 2.06. The van der Waals surface area contributed by atoms with Gasteiger partial charge in [0.05, 0.1) is 17.4 Å². The molecule has 0 atom stereocenters. The summed E-state index contributed by atoms with van der Waals surface area (Å²) in [6.07, 6.45) is 5.05. The zero-order valence-corrected chi connectivity index (χ0v) is 9.86. The number of aromatic nitrogens is 4. The van der Waals surface area contributed by atoms with E-state index in [0.717, 1.165) is 17.9 Å². The second-order valence-electron chi connectivity index (χ2n) is 3.33. The van der Waals surface area contributed by atoms with Crippen LogP contribution in [0, 0.1) is 6.92 Å². The Kier molecular flexibility index (Phi) is 3.05. The summed E-state index contributed by atoms with van der Waals surface area (Å²) in [6, 6.07) is 0. The standard InChI is InChI=1S/C10H12ClN5/c1-3-12-10-13-4-7(2)9(15-10)16-6-8(11)5-14-16/h4-6H,3H2,1-2H3,(H,12,13,15). The lowest BCUT2D eigenvalue weighted by molar-refractivity contribution is 0.829. The van der Waals surface area contributed by atoms with E-state index >= 15 is 0 Å². The molecule has 2 rings (SSSR count). The SMILES string of the molecule is CCNc1ncc(C)c(-n2cc(Cl)cn2)n1. The number of rotatable bonds is 3. The summed E-state index contributed by atoms with van der Waals surface area (Å²) in [5, 5.41) is 7.76. The fourth-order valence-corrected chi connectivity index (χ4v) is 1.46. The molecule has 0 saturated heterocycles. The van der Waals surface area contributed by atoms with Crippen LogP contribution in [0.2, 0.25) is 5.02 Å². The lowest BCUT2D eigenvalue weighted by Crippen LogP contribution is -2.07. The minimum atomic E-state index is 0.586. The highest BCUT2D eigenvalue weighted by atomic mass is 35.5. The van der Waals surface area contributed by atoms with E-state index in [2.05, 4.69) is 20.4 Å². The van der Waals surface area contributed by atoms with Crippen molar-refractivity contribution in [2.24, 2.45) is 0 Å². The number of halogens is 1. The summed E-state index contributed by atoms with van der Waals surface area (Å²) >= 11 is 5.82. The Balaban J connectivity index is 2.42. The van der Waals surface area contributed by atoms with Crippen molar-refractivity contribution in [1.29, 1.82) is 0 Å². The van der Waals surface area contributed by atoms with E-state index in [9.17, 15) is 0 Å². The Labute approximate surface area is 98.5 Å². The molecule has 2 heterocycles. The van der Waals surface area contributed by atoms with Crippen molar-refractivity contribution in [3.8, 4) is 5.82 Å². The zero-order chi connectivity index (χ0) is 11.5. The average molecular weight is 238 g/mol. The molecule has 0 aliphatic carbocycles. The van der Waals surface area contributed by atoms with Gasteiger partial charge < -0.3 is 5.32 Å². The third-order valence-electron chi connectivity index (χ3n) is 2.05. The van der Waals surface area contributed by atoms with Crippen LogP contribution in [0.25, 0.3) is 5.82 Å². The second-order valence-corrected chi connectivity index (χ2v) is 3.77. The van der Waals surface area contributed by atoms with E-state index in [1.54, 1.807) is 23.3 Å². The molecule has 16 heavy (non-hydrogen) atoms. The Hall–Kier alpha value is -1.62. The molecular weight excluding hydrogens is 226 g/mol. The molecule has 0 fully saturated rings. The fourth-order valence-electron chi connectivity index (χ4n) is 1.32. The predicted octanol–water partition coefficient (Wildman–Crippen LogP) is 2.06. The molecule has 1 N–H and O–H groups in total. The zero-order valence-electron chi connectivity index (χ0n) is 9.11. The van der Waals surface area contributed by atoms with E-state index in [-0.39, 0.29) is 0 Å². The first-order valence-electron chi connectivity index (χ1n) is 4.98. The monoisotopic (exact) mass is 237 g/mol. The van der Waals surface area contributed by atoms with Gasteiger partial charge in [-0.1, -0.05) is 11.6 Å². The van der Waals surface area contributed by atoms with Crippen molar-refractivity contribution in [2.75, 3.05) is 11.9 Å². The largest absolute Gasteiger partial charge is 0.354 e. The van der Waals surface area contributed by atoms with Crippen LogP contribution in [0.1, 0.15) is 12.5 Å². The second kappa shape index (κ2) is 4.49. The van der Waals surface area contributed by atoms with Gasteiger partial charge in [-0.2, -0.15) is 10.1 Å². The van der Waals surface area contributed by atoms with Crippen LogP contribution in [-0.2, 0) is 0 Å². The van der Waals surface area contributed by atoms with Crippen LogP contribution in [0.4, 0.5) is 5.95 Å². The van der Waals surface area contributed by atoms with Gasteiger partial charge in [-0.3, -0.25) is 0 Å². The molecule has 0 aromatic carbocycles. The van der Waals surface area contributed by atoms with Gasteiger partial charge in [0.15, 0.2) is 5.82 Å². The lowest BCUT2D eigenvalue weighted by Gasteiger charge is -2.07. The minimum absolute atomic E-state index is 0.586. The van der Waals surface area contributed by atoms with Gasteiger partial charge in [0.2, 0.25) is 5.95 Å². The van der Waals surface area contributed by atoms with Gasteiger partial charge in [0.1, 0.15) is 0 Å². The van der Waals surface area contributed by atoms with E-state index < -0.39 is 0 Å². The normalized spacial score (nSPS) is 10.4. The molecular formula is C10H12ClN5. The molecule has 0 amide bonds. The predicted molar refractivity (Wildman–Crippen MR) is 63.1 cm³/mol. The molecule has 5 nitrogen and oxygen atoms in total. The maximum absolute atomic E-state index is 5.82. The topological polar surface area (TPSA) is 55.6 Å². The summed E-state index contributed by atoms with van der Waals surface area (Å²) in [6.45, 7) is 4.71. The van der Waals surface area contributed by atoms with Crippen molar-refractivity contribution >= 4 is 17.5 Å². The van der Waals surface area contributed by atoms with Crippen LogP contribution in [0.15, 0.2) is 18.6 Å². The number of aryl methyl sites for hydroxylation is 1. The van der Waals surface area contributed by atoms with Crippen molar-refractivity contribution in [3.63, 3.8) is 0 Å². The molecule has 0 unspecified atom stereocenters. The average Bonchev–Trinajstić information content (AvgIpc) is 2.68. The van der Waals surface area contributed by atoms with Crippen LogP contribution in [0.3, 0.4) is 0 Å². The number of hydrogen-bond donors (Lipinski definition) is 1. The van der Waals surface area contributed by atoms with Gasteiger partial charge in [0.25, 0.3) is 0 Å². The first kappa shape index (κ1) is 10.9. The summed E-state index contributed by atoms with van der Waals surface area (Å²) in [4.78, 5) is 8.53. The van der Waals surface area contributed by atoms with Gasteiger partial charge in [-0.15, -0.1) is 0 Å². The lowest BCUT2D eigenvalue weighted by atomic mass is 10.3. The van der Waals surface area contributed by atoms with Crippen molar-refractivity contribution in [2.45, 2.75) is 13.8 Å². The summed E-state index contributed by atoms with van der Waals surface area (Å²) in [7, 11) is 0. The maximum Gasteiger partial charge on any atom is 0.224 e. The van der Waals surface area contributed by atoms with Gasteiger partial charge in [-0.05, 0) is 13.8 Å². The molecule has 6 heteroatoms. The number of nitrogens with zero attached hydrogens (tertiary/aromatic N) is 4. The molecule has 0 spiro atoms. The third-order valence-corrected chi connectivity index (χ3v) is 2.24. The van der Waals surface area contributed by atoms with E-state index in [1.807, 2.05) is 13.8 Å². The molecule has 2 aromatic heterocycles. The number of nitrogens with one attached hydrogen (secondary N) is 1. The Morgan fingerprint density at radius 3 is 2.88 bits per heavy atom. The molecule has 84 valence electrons. The summed E-state index contributed by atoms with van der Waals surface area (Å²) in [5.41, 5.74) is 0.946. The summed E-state index contributed by atoms with van der Waals surface area (Å²) < 4.78 is 1.64. The van der Waals surface area contributed by atoms with Crippen LogP contribution >= 0.6 is 11.6 Å². The van der Waals surface area contributed by atoms with E-state index in [0.29, 0.717) is 11.0 Å². The van der Waals surface area contributed by atoms with Gasteiger partial charge in [0, 0.05) is 18.3 Å². The van der Waals surface area contributed by atoms with Crippen LogP contribution in [-0.4, -0.2) is 26.3 Å². The number of anilines is 1. The van der Waals surface area contributed by atoms with Crippen molar-refractivity contribution in [3.05, 3.63) is 29.2 Å². The first-order chi connectivity index (χ1) is 7.70. The Morgan fingerprint density at radius 1 is 1.44 bits per heavy atom. The molecule has 0 radical (unpaired) electrons. The van der Waals surface area contributed by atoms with E-state index in [1.165, 1.54) is 0 Å². The Bertz CT molecular complexity index is 494. The third kappa shape index (κ3) is 2.14. The quantitative estimate of drug-likeness (QED) is 0.888.